The van der Waals surface area contributed by atoms with E-state index in [1.165, 1.54) is 24.0 Å². The molecule has 0 amide bonds. The van der Waals surface area contributed by atoms with Gasteiger partial charge in [-0.05, 0) is 79.5 Å². The van der Waals surface area contributed by atoms with Crippen LogP contribution in [0.15, 0.2) is 60.7 Å². The molecule has 2 heterocycles. The van der Waals surface area contributed by atoms with E-state index >= 15 is 0 Å². The first-order valence-electron chi connectivity index (χ1n) is 16.2. The molecular formula is C37H53NO6. The molecule has 1 aliphatic carbocycles. The third-order valence-electron chi connectivity index (χ3n) is 7.20. The largest absolute Gasteiger partial charge is 0.497 e. The molecule has 1 aromatic heterocycles. The molecule has 2 aromatic carbocycles. The predicted molar refractivity (Wildman–Crippen MR) is 176 cm³/mol. The van der Waals surface area contributed by atoms with Gasteiger partial charge in [0.05, 0.1) is 19.6 Å². The molecule has 1 N–H and O–H groups in total. The van der Waals surface area contributed by atoms with E-state index in [-0.39, 0.29) is 18.5 Å². The monoisotopic (exact) mass is 607 g/mol. The van der Waals surface area contributed by atoms with Gasteiger partial charge in [0.2, 0.25) is 6.79 Å². The van der Waals surface area contributed by atoms with E-state index in [2.05, 4.69) is 32.0 Å². The van der Waals surface area contributed by atoms with E-state index in [1.54, 1.807) is 7.11 Å². The van der Waals surface area contributed by atoms with Gasteiger partial charge in [0.25, 0.3) is 0 Å². The lowest BCUT2D eigenvalue weighted by atomic mass is 10.0. The minimum atomic E-state index is -0.0495. The Kier molecular flexibility index (Phi) is 17.6. The van der Waals surface area contributed by atoms with Gasteiger partial charge < -0.3 is 24.1 Å². The molecule has 0 radical (unpaired) electrons. The summed E-state index contributed by atoms with van der Waals surface area (Å²) in [4.78, 5) is 16.7. The first kappa shape index (κ1) is 36.6. The molecular weight excluding hydrogens is 554 g/mol. The number of ether oxygens (including phenoxy) is 4. The smallest absolute Gasteiger partial charge is 0.309 e. The Morgan fingerprint density at radius 1 is 0.977 bits per heavy atom. The fraction of sp³-hybridized carbons (Fsp3) is 0.514. The standard InChI is InChI=1S/C17H25NO2.C11H16O2.C7H6O2.C2H6/c1-3-5-7-15-9-8-13-11-14(12-16(13)18-15)17(19)20-10-6-4-2;1-9(8-12)6-10-4-3-5-11(7-10)13-2;1-2-4-7-6(3-1)8-5-9-7;1-2/h8-9,14H,3-7,10-12H2,1-2H3;3-5,7,9,12H,6,8H2,1-2H3;1-4H,5H2;1-2H3/t14-;;;/m1.../s1. The lowest BCUT2D eigenvalue weighted by molar-refractivity contribution is -0.148. The summed E-state index contributed by atoms with van der Waals surface area (Å²) in [7, 11) is 1.66. The van der Waals surface area contributed by atoms with Gasteiger partial charge in [-0.3, -0.25) is 9.78 Å². The average molecular weight is 608 g/mol. The highest BCUT2D eigenvalue weighted by Gasteiger charge is 2.29. The van der Waals surface area contributed by atoms with Crippen LogP contribution in [-0.2, 0) is 35.2 Å². The van der Waals surface area contributed by atoms with Crippen molar-refractivity contribution in [2.45, 2.75) is 86.0 Å². The number of aliphatic hydroxyl groups excluding tert-OH is 1. The van der Waals surface area contributed by atoms with Gasteiger partial charge in [0, 0.05) is 24.4 Å². The number of methoxy groups -OCH3 is 1. The summed E-state index contributed by atoms with van der Waals surface area (Å²) in [6, 6.07) is 19.8. The molecule has 0 saturated carbocycles. The third kappa shape index (κ3) is 12.6. The van der Waals surface area contributed by atoms with Crippen LogP contribution in [0.1, 0.15) is 82.8 Å². The Morgan fingerprint density at radius 3 is 2.32 bits per heavy atom. The number of esters is 1. The highest BCUT2D eigenvalue weighted by molar-refractivity contribution is 5.74. The van der Waals surface area contributed by atoms with Crippen LogP contribution in [0.25, 0.3) is 0 Å². The molecule has 2 aliphatic rings. The van der Waals surface area contributed by atoms with E-state index in [0.717, 1.165) is 67.2 Å². The average Bonchev–Trinajstić information content (AvgIpc) is 3.73. The summed E-state index contributed by atoms with van der Waals surface area (Å²) >= 11 is 0. The number of pyridine rings is 1. The number of carbonyl (C=O) groups excluding carboxylic acids is 1. The molecule has 2 atom stereocenters. The van der Waals surface area contributed by atoms with Crippen LogP contribution < -0.4 is 14.2 Å². The summed E-state index contributed by atoms with van der Waals surface area (Å²) in [6.07, 6.45) is 7.84. The Labute approximate surface area is 264 Å². The number of fused-ring (bicyclic) bond motifs is 2. The number of aromatic nitrogens is 1. The molecule has 44 heavy (non-hydrogen) atoms. The maximum Gasteiger partial charge on any atom is 0.309 e. The summed E-state index contributed by atoms with van der Waals surface area (Å²) in [5.41, 5.74) is 4.70. The number of unbranched alkanes of at least 4 members (excludes halogenated alkanes) is 2. The first-order chi connectivity index (χ1) is 21.5. The van der Waals surface area contributed by atoms with E-state index in [1.807, 2.05) is 63.2 Å². The second kappa shape index (κ2) is 21.2. The van der Waals surface area contributed by atoms with Crippen molar-refractivity contribution in [2.75, 3.05) is 27.1 Å². The summed E-state index contributed by atoms with van der Waals surface area (Å²) in [5, 5.41) is 8.89. The van der Waals surface area contributed by atoms with Crippen molar-refractivity contribution < 1.29 is 28.8 Å². The molecule has 242 valence electrons. The number of aryl methyl sites for hydroxylation is 1. The maximum absolute atomic E-state index is 12.0. The Morgan fingerprint density at radius 2 is 1.68 bits per heavy atom. The SMILES string of the molecule is CC.CCCCOC(=O)[C@@H]1Cc2ccc(CCCC)nc2C1.COc1cccc(CC(C)CO)c1.c1ccc2c(c1)OCO2. The van der Waals surface area contributed by atoms with E-state index in [4.69, 9.17) is 29.0 Å². The molecule has 7 heteroatoms. The topological polar surface area (TPSA) is 87.1 Å². The van der Waals surface area contributed by atoms with Crippen LogP contribution in [0.2, 0.25) is 0 Å². The molecule has 0 fully saturated rings. The zero-order valence-corrected chi connectivity index (χ0v) is 27.6. The van der Waals surface area contributed by atoms with Crippen LogP contribution >= 0.6 is 0 Å². The van der Waals surface area contributed by atoms with Crippen LogP contribution in [0.5, 0.6) is 17.2 Å². The lowest BCUT2D eigenvalue weighted by Gasteiger charge is -2.08. The zero-order chi connectivity index (χ0) is 32.2. The Balaban J connectivity index is 0.000000241. The second-order valence-electron chi connectivity index (χ2n) is 10.8. The van der Waals surface area contributed by atoms with Crippen LogP contribution in [0.4, 0.5) is 0 Å². The highest BCUT2D eigenvalue weighted by atomic mass is 16.7. The van der Waals surface area contributed by atoms with Crippen molar-refractivity contribution in [3.8, 4) is 17.2 Å². The van der Waals surface area contributed by atoms with Gasteiger partial charge in [0.1, 0.15) is 5.75 Å². The molecule has 1 aliphatic heterocycles. The number of carbonyl (C=O) groups is 1. The number of para-hydroxylation sites is 2. The summed E-state index contributed by atoms with van der Waals surface area (Å²) in [6.45, 7) is 11.5. The maximum atomic E-state index is 12.0. The summed E-state index contributed by atoms with van der Waals surface area (Å²) in [5.74, 6) is 2.81. The highest BCUT2D eigenvalue weighted by Crippen LogP contribution is 2.30. The minimum Gasteiger partial charge on any atom is -0.497 e. The number of hydrogen-bond donors (Lipinski definition) is 1. The molecule has 7 nitrogen and oxygen atoms in total. The molecule has 0 spiro atoms. The van der Waals surface area contributed by atoms with Crippen molar-refractivity contribution in [3.63, 3.8) is 0 Å². The molecule has 1 unspecified atom stereocenters. The van der Waals surface area contributed by atoms with Crippen molar-refractivity contribution in [2.24, 2.45) is 11.8 Å². The van der Waals surface area contributed by atoms with E-state index in [9.17, 15) is 4.79 Å². The molecule has 0 saturated heterocycles. The van der Waals surface area contributed by atoms with Crippen molar-refractivity contribution >= 4 is 5.97 Å². The summed E-state index contributed by atoms with van der Waals surface area (Å²) < 4.78 is 20.6. The number of rotatable bonds is 11. The Bertz CT molecular complexity index is 1210. The van der Waals surface area contributed by atoms with Crippen LogP contribution in [-0.4, -0.2) is 43.2 Å². The number of hydrogen-bond acceptors (Lipinski definition) is 7. The number of benzene rings is 2. The van der Waals surface area contributed by atoms with Gasteiger partial charge in [-0.1, -0.05) is 77.8 Å². The normalized spacial score (nSPS) is 14.4. The van der Waals surface area contributed by atoms with Gasteiger partial charge in [0.15, 0.2) is 11.5 Å². The van der Waals surface area contributed by atoms with Gasteiger partial charge in [-0.25, -0.2) is 0 Å². The minimum absolute atomic E-state index is 0.0178. The van der Waals surface area contributed by atoms with Crippen LogP contribution in [0.3, 0.4) is 0 Å². The first-order valence-corrected chi connectivity index (χ1v) is 16.2. The van der Waals surface area contributed by atoms with Crippen molar-refractivity contribution in [3.05, 3.63) is 83.2 Å². The van der Waals surface area contributed by atoms with Gasteiger partial charge in [-0.15, -0.1) is 0 Å². The second-order valence-corrected chi connectivity index (χ2v) is 10.8. The Hall–Kier alpha value is -3.58. The lowest BCUT2D eigenvalue weighted by Crippen LogP contribution is -2.18. The quantitative estimate of drug-likeness (QED) is 0.176. The van der Waals surface area contributed by atoms with Crippen molar-refractivity contribution in [1.82, 2.24) is 4.98 Å². The fourth-order valence-electron chi connectivity index (χ4n) is 4.72. The van der Waals surface area contributed by atoms with E-state index < -0.39 is 0 Å². The number of nitrogens with zero attached hydrogens (tertiary/aromatic N) is 1. The fourth-order valence-corrected chi connectivity index (χ4v) is 4.72. The third-order valence-corrected chi connectivity index (χ3v) is 7.20. The van der Waals surface area contributed by atoms with Crippen LogP contribution in [0, 0.1) is 11.8 Å². The van der Waals surface area contributed by atoms with E-state index in [0.29, 0.717) is 19.3 Å². The van der Waals surface area contributed by atoms with Gasteiger partial charge >= 0.3 is 5.97 Å². The van der Waals surface area contributed by atoms with Crippen molar-refractivity contribution in [1.29, 1.82) is 0 Å². The molecule has 5 rings (SSSR count). The molecule has 3 aromatic rings. The number of aliphatic hydroxyl groups is 1. The predicted octanol–water partition coefficient (Wildman–Crippen LogP) is 7.79. The van der Waals surface area contributed by atoms with Gasteiger partial charge in [-0.2, -0.15) is 0 Å². The zero-order valence-electron chi connectivity index (χ0n) is 27.6. The molecule has 0 bridgehead atoms.